The van der Waals surface area contributed by atoms with E-state index in [1.165, 1.54) is 98.5 Å². The Morgan fingerprint density at radius 2 is 0.688 bits per heavy atom. The molecule has 0 unspecified atom stereocenters. The SMILES string of the molecule is c1ccc(-c2ccc(-c3ccc(-n4c5cc(-c6ccc7c8c9ccccc9ccc8n(-c8ccc(-c9ccccn9)cc8)c7c6)ccc5c5c6ccccc6ccc54)cc3)cc2)cc1. The average Bonchev–Trinajstić information content (AvgIpc) is 3.90. The summed E-state index contributed by atoms with van der Waals surface area (Å²) in [5.74, 6) is 0. The van der Waals surface area contributed by atoms with Gasteiger partial charge in [-0.25, -0.2) is 0 Å². The van der Waals surface area contributed by atoms with Crippen LogP contribution in [0.4, 0.5) is 0 Å². The molecule has 0 saturated heterocycles. The van der Waals surface area contributed by atoms with Crippen molar-refractivity contribution in [3.05, 3.63) is 237 Å². The van der Waals surface area contributed by atoms with Crippen LogP contribution in [-0.2, 0) is 0 Å². The second kappa shape index (κ2) is 14.5. The minimum Gasteiger partial charge on any atom is -0.309 e. The maximum absolute atomic E-state index is 4.62. The first-order valence-electron chi connectivity index (χ1n) is 21.9. The molecule has 0 atom stereocenters. The molecule has 3 aromatic heterocycles. The van der Waals surface area contributed by atoms with Crippen molar-refractivity contribution < 1.29 is 0 Å². The topological polar surface area (TPSA) is 22.8 Å². The molecule has 0 saturated carbocycles. The highest BCUT2D eigenvalue weighted by Gasteiger charge is 2.19. The van der Waals surface area contributed by atoms with Crippen molar-refractivity contribution in [2.75, 3.05) is 0 Å². The number of rotatable bonds is 6. The van der Waals surface area contributed by atoms with Crippen LogP contribution in [0.1, 0.15) is 0 Å². The lowest BCUT2D eigenvalue weighted by Gasteiger charge is -2.12. The van der Waals surface area contributed by atoms with Gasteiger partial charge in [0, 0.05) is 44.7 Å². The Morgan fingerprint density at radius 1 is 0.266 bits per heavy atom. The molecule has 13 rings (SSSR count). The molecule has 0 bridgehead atoms. The van der Waals surface area contributed by atoms with Gasteiger partial charge in [0.2, 0.25) is 0 Å². The third-order valence-electron chi connectivity index (χ3n) is 13.2. The van der Waals surface area contributed by atoms with Crippen molar-refractivity contribution in [3.63, 3.8) is 0 Å². The van der Waals surface area contributed by atoms with Crippen LogP contribution < -0.4 is 0 Å². The molecule has 0 N–H and O–H groups in total. The summed E-state index contributed by atoms with van der Waals surface area (Å²) in [6, 6.07) is 84.1. The van der Waals surface area contributed by atoms with Gasteiger partial charge in [-0.2, -0.15) is 0 Å². The third kappa shape index (κ3) is 5.79. The average molecular weight is 814 g/mol. The molecule has 0 aliphatic rings. The van der Waals surface area contributed by atoms with Crippen molar-refractivity contribution in [1.82, 2.24) is 14.1 Å². The van der Waals surface area contributed by atoms with Gasteiger partial charge < -0.3 is 9.13 Å². The normalized spacial score (nSPS) is 11.8. The maximum atomic E-state index is 4.62. The predicted molar refractivity (Wildman–Crippen MR) is 270 cm³/mol. The van der Waals surface area contributed by atoms with E-state index in [4.69, 9.17) is 0 Å². The summed E-state index contributed by atoms with van der Waals surface area (Å²) in [6.07, 6.45) is 1.85. The van der Waals surface area contributed by atoms with Gasteiger partial charge in [-0.05, 0) is 116 Å². The molecule has 298 valence electrons. The molecule has 0 fully saturated rings. The number of aromatic nitrogens is 3. The highest BCUT2D eigenvalue weighted by atomic mass is 15.0. The number of fused-ring (bicyclic) bond motifs is 10. The Hall–Kier alpha value is -8.53. The second-order valence-corrected chi connectivity index (χ2v) is 16.7. The summed E-state index contributed by atoms with van der Waals surface area (Å²) in [7, 11) is 0. The molecule has 64 heavy (non-hydrogen) atoms. The van der Waals surface area contributed by atoms with Crippen LogP contribution in [0.25, 0.3) is 121 Å². The minimum atomic E-state index is 0.968. The minimum absolute atomic E-state index is 0.968. The van der Waals surface area contributed by atoms with Gasteiger partial charge in [0.1, 0.15) is 0 Å². The fraction of sp³-hybridized carbons (Fsp3) is 0. The van der Waals surface area contributed by atoms with E-state index in [-0.39, 0.29) is 0 Å². The quantitative estimate of drug-likeness (QED) is 0.164. The van der Waals surface area contributed by atoms with Crippen LogP contribution in [0.2, 0.25) is 0 Å². The summed E-state index contributed by atoms with van der Waals surface area (Å²) >= 11 is 0. The van der Waals surface area contributed by atoms with Crippen LogP contribution >= 0.6 is 0 Å². The standard InChI is InChI=1S/C61H39N3/c1-2-10-40(11-3-1)41-17-19-42(20-18-41)43-21-29-49(30-22-43)63-56-35-27-44-12-4-6-14-51(44)60(56)53-33-25-47(38-58(53)63)48-26-34-54-59(39-48)64(57-36-28-45-13-5-7-15-52(45)61(54)57)50-31-23-46(24-32-50)55-16-8-9-37-62-55/h1-39H. The molecule has 13 aromatic rings. The van der Waals surface area contributed by atoms with Gasteiger partial charge in [-0.15, -0.1) is 0 Å². The summed E-state index contributed by atoms with van der Waals surface area (Å²) in [5.41, 5.74) is 16.2. The van der Waals surface area contributed by atoms with E-state index in [0.717, 1.165) is 22.6 Å². The Morgan fingerprint density at radius 3 is 1.19 bits per heavy atom. The van der Waals surface area contributed by atoms with E-state index in [9.17, 15) is 0 Å². The van der Waals surface area contributed by atoms with Crippen molar-refractivity contribution in [2.24, 2.45) is 0 Å². The van der Waals surface area contributed by atoms with Gasteiger partial charge in [0.25, 0.3) is 0 Å². The fourth-order valence-electron chi connectivity index (χ4n) is 10.1. The van der Waals surface area contributed by atoms with E-state index in [1.54, 1.807) is 0 Å². The smallest absolute Gasteiger partial charge is 0.0701 e. The summed E-state index contributed by atoms with van der Waals surface area (Å²) in [4.78, 5) is 4.62. The molecule has 3 heterocycles. The van der Waals surface area contributed by atoms with Crippen LogP contribution in [0.15, 0.2) is 237 Å². The lowest BCUT2D eigenvalue weighted by Crippen LogP contribution is -1.95. The molecule has 10 aromatic carbocycles. The second-order valence-electron chi connectivity index (χ2n) is 16.7. The van der Waals surface area contributed by atoms with E-state index < -0.39 is 0 Å². The zero-order valence-corrected chi connectivity index (χ0v) is 34.9. The van der Waals surface area contributed by atoms with Crippen molar-refractivity contribution in [2.45, 2.75) is 0 Å². The lowest BCUT2D eigenvalue weighted by atomic mass is 9.99. The monoisotopic (exact) mass is 813 g/mol. The molecule has 0 spiro atoms. The number of pyridine rings is 1. The Bertz CT molecular complexity index is 3900. The first kappa shape index (κ1) is 36.2. The van der Waals surface area contributed by atoms with Gasteiger partial charge in [0.15, 0.2) is 0 Å². The number of nitrogens with zero attached hydrogens (tertiary/aromatic N) is 3. The van der Waals surface area contributed by atoms with E-state index >= 15 is 0 Å². The number of hydrogen-bond acceptors (Lipinski definition) is 1. The van der Waals surface area contributed by atoms with Crippen LogP contribution in [-0.4, -0.2) is 14.1 Å². The Labute approximate surface area is 370 Å². The first-order chi connectivity index (χ1) is 31.7. The number of hydrogen-bond donors (Lipinski definition) is 0. The van der Waals surface area contributed by atoms with Gasteiger partial charge >= 0.3 is 0 Å². The summed E-state index contributed by atoms with van der Waals surface area (Å²) < 4.78 is 4.88. The van der Waals surface area contributed by atoms with E-state index in [1.807, 2.05) is 18.3 Å². The summed E-state index contributed by atoms with van der Waals surface area (Å²) in [6.45, 7) is 0. The van der Waals surface area contributed by atoms with Crippen LogP contribution in [0.3, 0.4) is 0 Å². The molecule has 0 radical (unpaired) electrons. The van der Waals surface area contributed by atoms with Gasteiger partial charge in [-0.1, -0.05) is 170 Å². The highest BCUT2D eigenvalue weighted by molar-refractivity contribution is 6.23. The van der Waals surface area contributed by atoms with Crippen molar-refractivity contribution in [3.8, 4) is 56.0 Å². The van der Waals surface area contributed by atoms with E-state index in [2.05, 4.69) is 233 Å². The third-order valence-corrected chi connectivity index (χ3v) is 13.2. The largest absolute Gasteiger partial charge is 0.309 e. The molecular weight excluding hydrogens is 775 g/mol. The predicted octanol–water partition coefficient (Wildman–Crippen LogP) is 16.3. The first-order valence-corrected chi connectivity index (χ1v) is 21.9. The number of benzene rings is 10. The molecule has 3 heteroatoms. The zero-order chi connectivity index (χ0) is 42.1. The lowest BCUT2D eigenvalue weighted by molar-refractivity contribution is 1.18. The molecule has 0 aliphatic heterocycles. The van der Waals surface area contributed by atoms with Gasteiger partial charge in [-0.3, -0.25) is 4.98 Å². The van der Waals surface area contributed by atoms with Crippen molar-refractivity contribution >= 4 is 65.2 Å². The van der Waals surface area contributed by atoms with Crippen LogP contribution in [0.5, 0.6) is 0 Å². The van der Waals surface area contributed by atoms with Crippen LogP contribution in [0, 0.1) is 0 Å². The molecule has 0 aliphatic carbocycles. The molecule has 3 nitrogen and oxygen atoms in total. The fourth-order valence-corrected chi connectivity index (χ4v) is 10.1. The molecule has 0 amide bonds. The highest BCUT2D eigenvalue weighted by Crippen LogP contribution is 2.42. The maximum Gasteiger partial charge on any atom is 0.0701 e. The van der Waals surface area contributed by atoms with E-state index in [0.29, 0.717) is 0 Å². The Balaban J connectivity index is 0.976. The zero-order valence-electron chi connectivity index (χ0n) is 34.9. The van der Waals surface area contributed by atoms with Gasteiger partial charge in [0.05, 0.1) is 27.8 Å². The molecular formula is C61H39N3. The van der Waals surface area contributed by atoms with Crippen molar-refractivity contribution in [1.29, 1.82) is 0 Å². The summed E-state index contributed by atoms with van der Waals surface area (Å²) in [5, 5.41) is 10.0. The Kier molecular flexibility index (Phi) is 8.22.